The molecule has 1 fully saturated rings. The number of aliphatic hydroxyl groups is 1. The molecule has 1 aliphatic carbocycles. The van der Waals surface area contributed by atoms with E-state index in [1.807, 2.05) is 0 Å². The monoisotopic (exact) mass is 246 g/mol. The minimum atomic E-state index is -0.619. The SMILES string of the molecule is NC1CCC(O)(C2NCCc3ccccc32)CC1. The molecule has 18 heavy (non-hydrogen) atoms. The Labute approximate surface area is 108 Å². The van der Waals surface area contributed by atoms with E-state index >= 15 is 0 Å². The van der Waals surface area contributed by atoms with Crippen LogP contribution in [-0.4, -0.2) is 23.3 Å². The number of nitrogens with two attached hydrogens (primary N) is 1. The third kappa shape index (κ3) is 2.07. The molecule has 1 aromatic carbocycles. The molecule has 1 saturated carbocycles. The average Bonchev–Trinajstić information content (AvgIpc) is 2.42. The minimum absolute atomic E-state index is 0.0787. The van der Waals surface area contributed by atoms with Crippen molar-refractivity contribution in [2.75, 3.05) is 6.54 Å². The average molecular weight is 246 g/mol. The normalized spacial score (nSPS) is 36.1. The first kappa shape index (κ1) is 12.2. The van der Waals surface area contributed by atoms with E-state index in [0.717, 1.165) is 38.6 Å². The van der Waals surface area contributed by atoms with E-state index in [2.05, 4.69) is 29.6 Å². The lowest BCUT2D eigenvalue weighted by atomic mass is 9.73. The molecule has 3 nitrogen and oxygen atoms in total. The number of rotatable bonds is 1. The van der Waals surface area contributed by atoms with Gasteiger partial charge >= 0.3 is 0 Å². The topological polar surface area (TPSA) is 58.3 Å². The van der Waals surface area contributed by atoms with Gasteiger partial charge in [0.15, 0.2) is 0 Å². The fourth-order valence-corrected chi connectivity index (χ4v) is 3.41. The van der Waals surface area contributed by atoms with Crippen molar-refractivity contribution in [2.45, 2.75) is 49.8 Å². The summed E-state index contributed by atoms with van der Waals surface area (Å²) in [4.78, 5) is 0. The van der Waals surface area contributed by atoms with Gasteiger partial charge in [0.05, 0.1) is 11.6 Å². The third-order valence-corrected chi connectivity index (χ3v) is 4.54. The Hall–Kier alpha value is -0.900. The molecule has 0 aromatic heterocycles. The molecule has 0 saturated heterocycles. The second-order valence-corrected chi connectivity index (χ2v) is 5.78. The van der Waals surface area contributed by atoms with Crippen molar-refractivity contribution in [1.29, 1.82) is 0 Å². The molecule has 1 unspecified atom stereocenters. The molecule has 0 spiro atoms. The molecule has 1 atom stereocenters. The van der Waals surface area contributed by atoms with Gasteiger partial charge in [-0.25, -0.2) is 0 Å². The number of hydrogen-bond acceptors (Lipinski definition) is 3. The maximum absolute atomic E-state index is 10.9. The lowest BCUT2D eigenvalue weighted by molar-refractivity contribution is -0.0367. The van der Waals surface area contributed by atoms with Crippen LogP contribution in [0.5, 0.6) is 0 Å². The Morgan fingerprint density at radius 2 is 1.94 bits per heavy atom. The molecule has 1 heterocycles. The van der Waals surface area contributed by atoms with Crippen molar-refractivity contribution in [2.24, 2.45) is 5.73 Å². The standard InChI is InChI=1S/C15H22N2O/c16-12-5-8-15(18,9-6-12)14-13-4-2-1-3-11(13)7-10-17-14/h1-4,12,14,17-18H,5-10,16H2. The summed E-state index contributed by atoms with van der Waals surface area (Å²) in [5, 5.41) is 14.5. The quantitative estimate of drug-likeness (QED) is 0.704. The molecule has 1 aliphatic heterocycles. The molecule has 0 radical (unpaired) electrons. The molecular weight excluding hydrogens is 224 g/mol. The molecule has 0 amide bonds. The van der Waals surface area contributed by atoms with Crippen LogP contribution in [0.1, 0.15) is 42.9 Å². The zero-order valence-corrected chi connectivity index (χ0v) is 10.7. The highest BCUT2D eigenvalue weighted by atomic mass is 16.3. The van der Waals surface area contributed by atoms with E-state index in [9.17, 15) is 5.11 Å². The van der Waals surface area contributed by atoms with Crippen molar-refractivity contribution in [3.05, 3.63) is 35.4 Å². The van der Waals surface area contributed by atoms with Crippen LogP contribution < -0.4 is 11.1 Å². The van der Waals surface area contributed by atoms with Gasteiger partial charge < -0.3 is 16.2 Å². The van der Waals surface area contributed by atoms with Crippen LogP contribution in [0.25, 0.3) is 0 Å². The van der Waals surface area contributed by atoms with Crippen LogP contribution in [0.2, 0.25) is 0 Å². The molecule has 3 rings (SSSR count). The van der Waals surface area contributed by atoms with E-state index in [0.29, 0.717) is 0 Å². The summed E-state index contributed by atoms with van der Waals surface area (Å²) < 4.78 is 0. The highest BCUT2D eigenvalue weighted by Gasteiger charge is 2.41. The van der Waals surface area contributed by atoms with Gasteiger partial charge in [-0.3, -0.25) is 0 Å². The molecular formula is C15H22N2O. The first-order valence-electron chi connectivity index (χ1n) is 6.98. The lowest BCUT2D eigenvalue weighted by Gasteiger charge is -2.43. The maximum atomic E-state index is 10.9. The fourth-order valence-electron chi connectivity index (χ4n) is 3.41. The summed E-state index contributed by atoms with van der Waals surface area (Å²) in [6.45, 7) is 0.954. The van der Waals surface area contributed by atoms with Crippen LogP contribution >= 0.6 is 0 Å². The predicted octanol–water partition coefficient (Wildman–Crippen LogP) is 1.51. The zero-order valence-electron chi connectivity index (χ0n) is 10.7. The molecule has 4 N–H and O–H groups in total. The van der Waals surface area contributed by atoms with Gasteiger partial charge in [-0.05, 0) is 49.8 Å². The van der Waals surface area contributed by atoms with Crippen molar-refractivity contribution in [1.82, 2.24) is 5.32 Å². The van der Waals surface area contributed by atoms with Crippen LogP contribution in [0, 0.1) is 0 Å². The van der Waals surface area contributed by atoms with E-state index in [1.165, 1.54) is 11.1 Å². The van der Waals surface area contributed by atoms with Gasteiger partial charge in [-0.15, -0.1) is 0 Å². The molecule has 3 heteroatoms. The second kappa shape index (κ2) is 4.65. The van der Waals surface area contributed by atoms with Gasteiger partial charge in [-0.1, -0.05) is 24.3 Å². The lowest BCUT2D eigenvalue weighted by Crippen LogP contribution is -2.50. The van der Waals surface area contributed by atoms with Crippen LogP contribution in [-0.2, 0) is 6.42 Å². The Morgan fingerprint density at radius 1 is 1.22 bits per heavy atom. The maximum Gasteiger partial charge on any atom is 0.0842 e. The largest absolute Gasteiger partial charge is 0.388 e. The first-order valence-corrected chi connectivity index (χ1v) is 6.98. The van der Waals surface area contributed by atoms with E-state index in [1.54, 1.807) is 0 Å². The van der Waals surface area contributed by atoms with Gasteiger partial charge in [0.1, 0.15) is 0 Å². The highest BCUT2D eigenvalue weighted by molar-refractivity contribution is 5.34. The van der Waals surface area contributed by atoms with Crippen molar-refractivity contribution < 1.29 is 5.11 Å². The molecule has 2 aliphatic rings. The number of hydrogen-bond donors (Lipinski definition) is 3. The van der Waals surface area contributed by atoms with Crippen LogP contribution in [0.4, 0.5) is 0 Å². The Kier molecular flexibility index (Phi) is 3.14. The Morgan fingerprint density at radius 3 is 2.72 bits per heavy atom. The third-order valence-electron chi connectivity index (χ3n) is 4.54. The van der Waals surface area contributed by atoms with Crippen molar-refractivity contribution in [3.63, 3.8) is 0 Å². The van der Waals surface area contributed by atoms with Gasteiger partial charge in [-0.2, -0.15) is 0 Å². The highest BCUT2D eigenvalue weighted by Crippen LogP contribution is 2.40. The van der Waals surface area contributed by atoms with Gasteiger partial charge in [0.25, 0.3) is 0 Å². The molecule has 98 valence electrons. The molecule has 0 bridgehead atoms. The van der Waals surface area contributed by atoms with Gasteiger partial charge in [0.2, 0.25) is 0 Å². The smallest absolute Gasteiger partial charge is 0.0842 e. The second-order valence-electron chi connectivity index (χ2n) is 5.78. The fraction of sp³-hybridized carbons (Fsp3) is 0.600. The number of benzene rings is 1. The minimum Gasteiger partial charge on any atom is -0.388 e. The van der Waals surface area contributed by atoms with Gasteiger partial charge in [0, 0.05) is 6.04 Å². The van der Waals surface area contributed by atoms with E-state index in [-0.39, 0.29) is 12.1 Å². The van der Waals surface area contributed by atoms with Crippen molar-refractivity contribution in [3.8, 4) is 0 Å². The van der Waals surface area contributed by atoms with E-state index < -0.39 is 5.60 Å². The van der Waals surface area contributed by atoms with Crippen LogP contribution in [0.3, 0.4) is 0 Å². The summed E-state index contributed by atoms with van der Waals surface area (Å²) in [6, 6.07) is 8.83. The summed E-state index contributed by atoms with van der Waals surface area (Å²) in [5.41, 5.74) is 7.99. The Bertz CT molecular complexity index is 424. The van der Waals surface area contributed by atoms with E-state index in [4.69, 9.17) is 5.73 Å². The summed E-state index contributed by atoms with van der Waals surface area (Å²) in [6.07, 6.45) is 4.52. The molecule has 1 aromatic rings. The number of fused-ring (bicyclic) bond motifs is 1. The van der Waals surface area contributed by atoms with Crippen molar-refractivity contribution >= 4 is 0 Å². The number of nitrogens with one attached hydrogen (secondary N) is 1. The summed E-state index contributed by atoms with van der Waals surface area (Å²) >= 11 is 0. The summed E-state index contributed by atoms with van der Waals surface area (Å²) in [5.74, 6) is 0. The zero-order chi connectivity index (χ0) is 12.6. The summed E-state index contributed by atoms with van der Waals surface area (Å²) in [7, 11) is 0. The Balaban J connectivity index is 1.89. The van der Waals surface area contributed by atoms with Crippen LogP contribution in [0.15, 0.2) is 24.3 Å². The predicted molar refractivity (Wildman–Crippen MR) is 72.3 cm³/mol. The first-order chi connectivity index (χ1) is 8.69.